The van der Waals surface area contributed by atoms with Gasteiger partial charge in [-0.05, 0) is 13.8 Å². The largest absolute Gasteiger partial charge is 0.395 e. The van der Waals surface area contributed by atoms with Crippen molar-refractivity contribution in [2.24, 2.45) is 7.05 Å². The normalized spacial score (nSPS) is 13.2. The lowest BCUT2D eigenvalue weighted by molar-refractivity contribution is 0.250. The number of hydrogen-bond acceptors (Lipinski definition) is 4. The summed E-state index contributed by atoms with van der Waals surface area (Å²) >= 11 is 0. The highest BCUT2D eigenvalue weighted by molar-refractivity contribution is 4.92. The number of aliphatic hydroxyl groups is 1. The summed E-state index contributed by atoms with van der Waals surface area (Å²) in [5.41, 5.74) is 0. The molecular weight excluding hydrogens is 168 g/mol. The van der Waals surface area contributed by atoms with Crippen LogP contribution in [-0.4, -0.2) is 32.5 Å². The predicted octanol–water partition coefficient (Wildman–Crippen LogP) is -0.406. The van der Waals surface area contributed by atoms with Crippen molar-refractivity contribution < 1.29 is 5.11 Å². The Morgan fingerprint density at radius 1 is 1.54 bits per heavy atom. The number of aryl methyl sites for hydroxylation is 1. The second-order valence-corrected chi connectivity index (χ2v) is 3.19. The van der Waals surface area contributed by atoms with Gasteiger partial charge in [-0.25, -0.2) is 0 Å². The molecule has 0 saturated carbocycles. The summed E-state index contributed by atoms with van der Waals surface area (Å²) in [6.07, 6.45) is 0. The van der Waals surface area contributed by atoms with Gasteiger partial charge < -0.3 is 15.0 Å². The molecule has 1 aromatic rings. The van der Waals surface area contributed by atoms with Crippen LogP contribution in [0.25, 0.3) is 0 Å². The van der Waals surface area contributed by atoms with Gasteiger partial charge >= 0.3 is 0 Å². The third-order valence-corrected chi connectivity index (χ3v) is 2.07. The van der Waals surface area contributed by atoms with E-state index in [0.29, 0.717) is 6.54 Å². The van der Waals surface area contributed by atoms with Crippen LogP contribution in [0.4, 0.5) is 0 Å². The molecule has 2 N–H and O–H groups in total. The van der Waals surface area contributed by atoms with Crippen LogP contribution >= 0.6 is 0 Å². The van der Waals surface area contributed by atoms with Gasteiger partial charge in [-0.1, -0.05) is 0 Å². The molecule has 0 saturated heterocycles. The van der Waals surface area contributed by atoms with Crippen LogP contribution in [0.15, 0.2) is 0 Å². The molecule has 13 heavy (non-hydrogen) atoms. The van der Waals surface area contributed by atoms with Crippen molar-refractivity contribution in [2.45, 2.75) is 26.4 Å². The third-order valence-electron chi connectivity index (χ3n) is 2.07. The molecule has 0 fully saturated rings. The fraction of sp³-hybridized carbons (Fsp3) is 0.750. The maximum atomic E-state index is 8.78. The average molecular weight is 184 g/mol. The van der Waals surface area contributed by atoms with E-state index in [4.69, 9.17) is 5.11 Å². The molecular formula is C8H16N4O. The summed E-state index contributed by atoms with van der Waals surface area (Å²) in [6, 6.07) is 0.0945. The number of nitrogens with one attached hydrogen (secondary N) is 1. The first-order valence-corrected chi connectivity index (χ1v) is 4.34. The zero-order valence-electron chi connectivity index (χ0n) is 8.28. The Morgan fingerprint density at radius 2 is 2.23 bits per heavy atom. The fourth-order valence-electron chi connectivity index (χ4n) is 0.935. The van der Waals surface area contributed by atoms with Crippen molar-refractivity contribution in [3.8, 4) is 0 Å². The molecule has 1 aromatic heterocycles. The van der Waals surface area contributed by atoms with Crippen LogP contribution < -0.4 is 5.32 Å². The van der Waals surface area contributed by atoms with Gasteiger partial charge in [0.1, 0.15) is 11.6 Å². The molecule has 5 heteroatoms. The van der Waals surface area contributed by atoms with Crippen molar-refractivity contribution in [3.63, 3.8) is 0 Å². The molecule has 0 bridgehead atoms. The highest BCUT2D eigenvalue weighted by atomic mass is 16.3. The summed E-state index contributed by atoms with van der Waals surface area (Å²) in [5, 5.41) is 19.8. The van der Waals surface area contributed by atoms with Crippen molar-refractivity contribution in [2.75, 3.05) is 6.61 Å². The summed E-state index contributed by atoms with van der Waals surface area (Å²) < 4.78 is 1.93. The molecule has 0 aromatic carbocycles. The summed E-state index contributed by atoms with van der Waals surface area (Å²) in [7, 11) is 1.93. The molecule has 1 heterocycles. The van der Waals surface area contributed by atoms with Crippen LogP contribution in [-0.2, 0) is 13.6 Å². The Hall–Kier alpha value is -0.940. The average Bonchev–Trinajstić information content (AvgIpc) is 2.44. The number of aromatic nitrogens is 3. The van der Waals surface area contributed by atoms with Gasteiger partial charge in [0.15, 0.2) is 0 Å². The van der Waals surface area contributed by atoms with Gasteiger partial charge in [-0.15, -0.1) is 10.2 Å². The van der Waals surface area contributed by atoms with E-state index in [0.717, 1.165) is 11.6 Å². The topological polar surface area (TPSA) is 63.0 Å². The Morgan fingerprint density at radius 3 is 2.69 bits per heavy atom. The Labute approximate surface area is 77.8 Å². The van der Waals surface area contributed by atoms with Gasteiger partial charge in [0.05, 0.1) is 13.2 Å². The number of hydrogen-bond donors (Lipinski definition) is 2. The van der Waals surface area contributed by atoms with Crippen LogP contribution in [0.5, 0.6) is 0 Å². The molecule has 5 nitrogen and oxygen atoms in total. The Kier molecular flexibility index (Phi) is 3.39. The number of aliphatic hydroxyl groups excluding tert-OH is 1. The zero-order valence-corrected chi connectivity index (χ0v) is 8.28. The number of nitrogens with zero attached hydrogens (tertiary/aromatic N) is 3. The maximum absolute atomic E-state index is 8.78. The first-order valence-electron chi connectivity index (χ1n) is 4.34. The molecule has 74 valence electrons. The van der Waals surface area contributed by atoms with Crippen molar-refractivity contribution in [1.82, 2.24) is 20.1 Å². The highest BCUT2D eigenvalue weighted by Gasteiger charge is 2.05. The van der Waals surface area contributed by atoms with E-state index in [-0.39, 0.29) is 12.6 Å². The molecule has 0 aliphatic rings. The highest BCUT2D eigenvalue weighted by Crippen LogP contribution is 1.96. The van der Waals surface area contributed by atoms with Crippen molar-refractivity contribution in [1.29, 1.82) is 0 Å². The third kappa shape index (κ3) is 2.50. The first kappa shape index (κ1) is 10.1. The van der Waals surface area contributed by atoms with E-state index in [1.807, 2.05) is 25.5 Å². The van der Waals surface area contributed by atoms with Gasteiger partial charge in [0.2, 0.25) is 0 Å². The molecule has 1 unspecified atom stereocenters. The van der Waals surface area contributed by atoms with Crippen LogP contribution in [0, 0.1) is 6.92 Å². The van der Waals surface area contributed by atoms with Gasteiger partial charge in [-0.3, -0.25) is 0 Å². The van der Waals surface area contributed by atoms with E-state index in [1.165, 1.54) is 0 Å². The van der Waals surface area contributed by atoms with Crippen molar-refractivity contribution in [3.05, 3.63) is 11.6 Å². The second kappa shape index (κ2) is 4.34. The zero-order chi connectivity index (χ0) is 9.84. The van der Waals surface area contributed by atoms with Gasteiger partial charge in [0, 0.05) is 13.1 Å². The Balaban J connectivity index is 2.50. The fourth-order valence-corrected chi connectivity index (χ4v) is 0.935. The molecule has 0 aliphatic carbocycles. The predicted molar refractivity (Wildman–Crippen MR) is 49.1 cm³/mol. The van der Waals surface area contributed by atoms with E-state index in [2.05, 4.69) is 15.5 Å². The molecule has 0 aliphatic heterocycles. The lowest BCUT2D eigenvalue weighted by Gasteiger charge is -2.09. The van der Waals surface area contributed by atoms with Gasteiger partial charge in [-0.2, -0.15) is 0 Å². The minimum Gasteiger partial charge on any atom is -0.395 e. The van der Waals surface area contributed by atoms with E-state index < -0.39 is 0 Å². The SMILES string of the molecule is Cc1nnc(CNC(C)CO)n1C. The van der Waals surface area contributed by atoms with E-state index in [1.54, 1.807) is 0 Å². The smallest absolute Gasteiger partial charge is 0.146 e. The van der Waals surface area contributed by atoms with E-state index in [9.17, 15) is 0 Å². The minimum absolute atomic E-state index is 0.0945. The van der Waals surface area contributed by atoms with E-state index >= 15 is 0 Å². The first-order chi connectivity index (χ1) is 6.15. The second-order valence-electron chi connectivity index (χ2n) is 3.19. The molecule has 1 rings (SSSR count). The van der Waals surface area contributed by atoms with Crippen LogP contribution in [0.3, 0.4) is 0 Å². The monoisotopic (exact) mass is 184 g/mol. The molecule has 1 atom stereocenters. The lowest BCUT2D eigenvalue weighted by Crippen LogP contribution is -2.29. The quantitative estimate of drug-likeness (QED) is 0.668. The maximum Gasteiger partial charge on any atom is 0.146 e. The standard InChI is InChI=1S/C8H16N4O/c1-6(5-13)9-4-8-11-10-7(2)12(8)3/h6,9,13H,4-5H2,1-3H3. The molecule has 0 spiro atoms. The lowest BCUT2D eigenvalue weighted by atomic mass is 10.3. The van der Waals surface area contributed by atoms with Crippen LogP contribution in [0.2, 0.25) is 0 Å². The summed E-state index contributed by atoms with van der Waals surface area (Å²) in [6.45, 7) is 4.60. The summed E-state index contributed by atoms with van der Waals surface area (Å²) in [5.74, 6) is 1.78. The van der Waals surface area contributed by atoms with Crippen LogP contribution in [0.1, 0.15) is 18.6 Å². The van der Waals surface area contributed by atoms with Gasteiger partial charge in [0.25, 0.3) is 0 Å². The molecule has 0 radical (unpaired) electrons. The summed E-state index contributed by atoms with van der Waals surface area (Å²) in [4.78, 5) is 0. The minimum atomic E-state index is 0.0945. The Bertz CT molecular complexity index is 271. The number of rotatable bonds is 4. The molecule has 0 amide bonds. The van der Waals surface area contributed by atoms with Crippen molar-refractivity contribution >= 4 is 0 Å².